The number of nitrogens with one attached hydrogen (secondary N) is 1. The molecule has 0 bridgehead atoms. The van der Waals surface area contributed by atoms with Crippen LogP contribution in [0.5, 0.6) is 0 Å². The van der Waals surface area contributed by atoms with Crippen LogP contribution in [0.15, 0.2) is 40.9 Å². The van der Waals surface area contributed by atoms with Crippen LogP contribution in [-0.2, 0) is 0 Å². The summed E-state index contributed by atoms with van der Waals surface area (Å²) in [5, 5.41) is 12.8. The molecule has 132 valence electrons. The second-order valence-electron chi connectivity index (χ2n) is 7.19. The first kappa shape index (κ1) is 18.5. The van der Waals surface area contributed by atoms with E-state index >= 15 is 0 Å². The van der Waals surface area contributed by atoms with Gasteiger partial charge in [-0.15, -0.1) is 0 Å². The van der Waals surface area contributed by atoms with E-state index in [0.29, 0.717) is 6.54 Å². The molecule has 2 N–H and O–H groups in total. The van der Waals surface area contributed by atoms with Crippen molar-refractivity contribution in [2.24, 2.45) is 10.4 Å². The van der Waals surface area contributed by atoms with E-state index < -0.39 is 0 Å². The van der Waals surface area contributed by atoms with Crippen LogP contribution < -0.4 is 5.32 Å². The fraction of sp³-hybridized carbons (Fsp3) is 0.550. The van der Waals surface area contributed by atoms with Crippen molar-refractivity contribution < 1.29 is 5.11 Å². The van der Waals surface area contributed by atoms with Gasteiger partial charge in [-0.3, -0.25) is 4.99 Å². The van der Waals surface area contributed by atoms with E-state index in [1.807, 2.05) is 13.8 Å². The average Bonchev–Trinajstić information content (AvgIpc) is 2.60. The number of aliphatic imine (C=N–C) groups is 1. The standard InChI is InChI=1S/C20H31N3O/c1-4-21-19(22-15-20(2,3)16-24)23-12-10-18(11-13-23)14-17-8-6-5-7-9-17/h5-9,14,24H,4,10-13,15-16H2,1-3H3,(H,21,22). The SMILES string of the molecule is CCNC(=NCC(C)(C)CO)N1CCC(=Cc2ccccc2)CC1. The first-order chi connectivity index (χ1) is 11.5. The van der Waals surface area contributed by atoms with Crippen LogP contribution in [0.3, 0.4) is 0 Å². The Kier molecular flexibility index (Phi) is 6.85. The maximum Gasteiger partial charge on any atom is 0.193 e. The molecule has 0 amide bonds. The van der Waals surface area contributed by atoms with Gasteiger partial charge < -0.3 is 15.3 Å². The average molecular weight is 329 g/mol. The van der Waals surface area contributed by atoms with Crippen molar-refractivity contribution in [3.63, 3.8) is 0 Å². The number of rotatable bonds is 5. The zero-order chi connectivity index (χ0) is 17.4. The van der Waals surface area contributed by atoms with Crippen molar-refractivity contribution in [2.45, 2.75) is 33.6 Å². The lowest BCUT2D eigenvalue weighted by Crippen LogP contribution is -2.45. The summed E-state index contributed by atoms with van der Waals surface area (Å²) in [4.78, 5) is 7.07. The highest BCUT2D eigenvalue weighted by Gasteiger charge is 2.20. The van der Waals surface area contributed by atoms with E-state index in [1.165, 1.54) is 11.1 Å². The molecular weight excluding hydrogens is 298 g/mol. The Hall–Kier alpha value is -1.81. The van der Waals surface area contributed by atoms with Crippen LogP contribution in [0.2, 0.25) is 0 Å². The van der Waals surface area contributed by atoms with Crippen LogP contribution >= 0.6 is 0 Å². The van der Waals surface area contributed by atoms with Crippen molar-refractivity contribution >= 4 is 12.0 Å². The lowest BCUT2D eigenvalue weighted by atomic mass is 9.95. The molecule has 4 heteroatoms. The van der Waals surface area contributed by atoms with Crippen molar-refractivity contribution in [2.75, 3.05) is 32.8 Å². The summed E-state index contributed by atoms with van der Waals surface area (Å²) in [5.74, 6) is 0.970. The summed E-state index contributed by atoms with van der Waals surface area (Å²) in [6, 6.07) is 10.5. The van der Waals surface area contributed by atoms with Gasteiger partial charge in [0.2, 0.25) is 0 Å². The maximum absolute atomic E-state index is 9.41. The van der Waals surface area contributed by atoms with Gasteiger partial charge in [0, 0.05) is 31.7 Å². The summed E-state index contributed by atoms with van der Waals surface area (Å²) < 4.78 is 0. The van der Waals surface area contributed by atoms with Gasteiger partial charge in [0.05, 0.1) is 6.54 Å². The quantitative estimate of drug-likeness (QED) is 0.644. The third kappa shape index (κ3) is 5.68. The van der Waals surface area contributed by atoms with Gasteiger partial charge in [-0.25, -0.2) is 0 Å². The van der Waals surface area contributed by atoms with Crippen LogP contribution in [-0.4, -0.2) is 48.8 Å². The molecule has 1 aliphatic rings. The van der Waals surface area contributed by atoms with Crippen molar-refractivity contribution in [3.8, 4) is 0 Å². The third-order valence-electron chi connectivity index (χ3n) is 4.30. The number of aliphatic hydroxyl groups is 1. The maximum atomic E-state index is 9.41. The van der Waals surface area contributed by atoms with Crippen molar-refractivity contribution in [3.05, 3.63) is 41.5 Å². The molecule has 0 unspecified atom stereocenters. The Morgan fingerprint density at radius 2 is 1.92 bits per heavy atom. The van der Waals surface area contributed by atoms with Gasteiger partial charge in [0.15, 0.2) is 5.96 Å². The van der Waals surface area contributed by atoms with Gasteiger partial charge in [-0.2, -0.15) is 0 Å². The first-order valence-electron chi connectivity index (χ1n) is 8.93. The second-order valence-corrected chi connectivity index (χ2v) is 7.19. The molecule has 0 aromatic heterocycles. The van der Waals surface area contributed by atoms with E-state index in [2.05, 4.69) is 53.5 Å². The van der Waals surface area contributed by atoms with Gasteiger partial charge in [0.25, 0.3) is 0 Å². The van der Waals surface area contributed by atoms with E-state index in [-0.39, 0.29) is 12.0 Å². The highest BCUT2D eigenvalue weighted by molar-refractivity contribution is 5.80. The van der Waals surface area contributed by atoms with Crippen LogP contribution in [0.25, 0.3) is 6.08 Å². The molecule has 2 rings (SSSR count). The number of piperidine rings is 1. The van der Waals surface area contributed by atoms with Crippen molar-refractivity contribution in [1.82, 2.24) is 10.2 Å². The molecular formula is C20H31N3O. The lowest BCUT2D eigenvalue weighted by Gasteiger charge is -2.32. The monoisotopic (exact) mass is 329 g/mol. The lowest BCUT2D eigenvalue weighted by molar-refractivity contribution is 0.166. The van der Waals surface area contributed by atoms with E-state index in [9.17, 15) is 5.11 Å². The largest absolute Gasteiger partial charge is 0.396 e. The molecule has 0 saturated carbocycles. The molecule has 1 saturated heterocycles. The predicted octanol–water partition coefficient (Wildman–Crippen LogP) is 3.15. The smallest absolute Gasteiger partial charge is 0.193 e. The van der Waals surface area contributed by atoms with Gasteiger partial charge in [0.1, 0.15) is 0 Å². The molecule has 0 aliphatic carbocycles. The molecule has 1 aromatic carbocycles. The summed E-state index contributed by atoms with van der Waals surface area (Å²) in [6.45, 7) is 9.80. The molecule has 1 aliphatic heterocycles. The number of nitrogens with zero attached hydrogens (tertiary/aromatic N) is 2. The highest BCUT2D eigenvalue weighted by Crippen LogP contribution is 2.20. The predicted molar refractivity (Wildman–Crippen MR) is 102 cm³/mol. The Morgan fingerprint density at radius 1 is 1.25 bits per heavy atom. The minimum absolute atomic E-state index is 0.153. The van der Waals surface area contributed by atoms with Gasteiger partial charge in [-0.1, -0.05) is 55.8 Å². The Morgan fingerprint density at radius 3 is 2.50 bits per heavy atom. The van der Waals surface area contributed by atoms with Gasteiger partial charge >= 0.3 is 0 Å². The summed E-state index contributed by atoms with van der Waals surface area (Å²) >= 11 is 0. The minimum Gasteiger partial charge on any atom is -0.396 e. The topological polar surface area (TPSA) is 47.9 Å². The molecule has 1 fully saturated rings. The molecule has 1 aromatic rings. The zero-order valence-electron chi connectivity index (χ0n) is 15.3. The fourth-order valence-electron chi connectivity index (χ4n) is 2.70. The molecule has 0 radical (unpaired) electrons. The number of hydrogen-bond donors (Lipinski definition) is 2. The van der Waals surface area contributed by atoms with Crippen LogP contribution in [0, 0.1) is 5.41 Å². The number of hydrogen-bond acceptors (Lipinski definition) is 2. The Balaban J connectivity index is 1.97. The van der Waals surface area contributed by atoms with Crippen LogP contribution in [0.1, 0.15) is 39.2 Å². The van der Waals surface area contributed by atoms with E-state index in [0.717, 1.165) is 38.4 Å². The van der Waals surface area contributed by atoms with E-state index in [1.54, 1.807) is 0 Å². The molecule has 4 nitrogen and oxygen atoms in total. The second kappa shape index (κ2) is 8.88. The number of guanidine groups is 1. The van der Waals surface area contributed by atoms with E-state index in [4.69, 9.17) is 4.99 Å². The van der Waals surface area contributed by atoms with Crippen LogP contribution in [0.4, 0.5) is 0 Å². The third-order valence-corrected chi connectivity index (χ3v) is 4.30. The van der Waals surface area contributed by atoms with Gasteiger partial charge in [-0.05, 0) is 25.3 Å². The highest BCUT2D eigenvalue weighted by atomic mass is 16.3. The minimum atomic E-state index is -0.172. The molecule has 0 atom stereocenters. The summed E-state index contributed by atoms with van der Waals surface area (Å²) in [7, 11) is 0. The Bertz CT molecular complexity index is 554. The molecule has 1 heterocycles. The first-order valence-corrected chi connectivity index (χ1v) is 8.93. The number of likely N-dealkylation sites (tertiary alicyclic amines) is 1. The van der Waals surface area contributed by atoms with Crippen molar-refractivity contribution in [1.29, 1.82) is 0 Å². The fourth-order valence-corrected chi connectivity index (χ4v) is 2.70. The summed E-state index contributed by atoms with van der Waals surface area (Å²) in [5.41, 5.74) is 2.62. The number of benzene rings is 1. The summed E-state index contributed by atoms with van der Waals surface area (Å²) in [6.07, 6.45) is 4.46. The molecule has 0 spiro atoms. The Labute approximate surface area is 146 Å². The molecule has 24 heavy (non-hydrogen) atoms. The number of aliphatic hydroxyl groups excluding tert-OH is 1. The normalized spacial score (nSPS) is 16.2. The zero-order valence-corrected chi connectivity index (χ0v) is 15.3.